The van der Waals surface area contributed by atoms with Crippen molar-refractivity contribution in [3.63, 3.8) is 0 Å². The Morgan fingerprint density at radius 3 is 2.40 bits per heavy atom. The minimum absolute atomic E-state index is 0.0572. The van der Waals surface area contributed by atoms with E-state index in [1.54, 1.807) is 18.2 Å². The van der Waals surface area contributed by atoms with Gasteiger partial charge in [0.1, 0.15) is 5.75 Å². The third-order valence-electron chi connectivity index (χ3n) is 2.63. The number of para-hydroxylation sites is 1. The monoisotopic (exact) mass is 282 g/mol. The Bertz CT molecular complexity index is 609. The number of anilines is 3. The summed E-state index contributed by atoms with van der Waals surface area (Å²) in [5.74, 6) is -3.59. The van der Waals surface area contributed by atoms with Crippen LogP contribution in [0.5, 0.6) is 5.75 Å². The number of nitrogens with one attached hydrogen (secondary N) is 1. The highest BCUT2D eigenvalue weighted by atomic mass is 19.2. The Kier molecular flexibility index (Phi) is 4.02. The summed E-state index contributed by atoms with van der Waals surface area (Å²) in [4.78, 5) is 0. The molecule has 0 unspecified atom stereocenters. The highest BCUT2D eigenvalue weighted by molar-refractivity contribution is 5.77. The largest absolute Gasteiger partial charge is 0.492 e. The first-order valence-corrected chi connectivity index (χ1v) is 5.95. The molecule has 3 nitrogen and oxygen atoms in total. The van der Waals surface area contributed by atoms with E-state index in [0.29, 0.717) is 23.7 Å². The zero-order chi connectivity index (χ0) is 14.7. The molecular formula is C14H13F3N2O. The van der Waals surface area contributed by atoms with Crippen LogP contribution in [0.4, 0.5) is 30.2 Å². The van der Waals surface area contributed by atoms with Gasteiger partial charge in [0.05, 0.1) is 18.0 Å². The lowest BCUT2D eigenvalue weighted by molar-refractivity contribution is 0.342. The molecule has 2 aromatic carbocycles. The summed E-state index contributed by atoms with van der Waals surface area (Å²) in [5, 5.41) is 2.73. The van der Waals surface area contributed by atoms with Crippen LogP contribution >= 0.6 is 0 Å². The first kappa shape index (κ1) is 14.0. The Morgan fingerprint density at radius 1 is 1.15 bits per heavy atom. The molecule has 0 aliphatic carbocycles. The van der Waals surface area contributed by atoms with Gasteiger partial charge in [0.15, 0.2) is 17.5 Å². The molecule has 106 valence electrons. The van der Waals surface area contributed by atoms with E-state index in [4.69, 9.17) is 10.5 Å². The molecule has 0 aromatic heterocycles. The predicted molar refractivity (Wildman–Crippen MR) is 71.6 cm³/mol. The second-order valence-corrected chi connectivity index (χ2v) is 4.03. The zero-order valence-electron chi connectivity index (χ0n) is 10.7. The number of benzene rings is 2. The zero-order valence-corrected chi connectivity index (χ0v) is 10.7. The van der Waals surface area contributed by atoms with Gasteiger partial charge in [-0.05, 0) is 19.1 Å². The number of ether oxygens (including phenoxy) is 1. The van der Waals surface area contributed by atoms with Crippen LogP contribution in [0.15, 0.2) is 30.3 Å². The minimum atomic E-state index is -1.51. The number of nitrogen functional groups attached to an aromatic ring is 1. The molecule has 0 fully saturated rings. The summed E-state index contributed by atoms with van der Waals surface area (Å²) in [6, 6.07) is 6.68. The van der Waals surface area contributed by atoms with Crippen LogP contribution in [-0.4, -0.2) is 6.61 Å². The van der Waals surface area contributed by atoms with E-state index in [1.807, 2.05) is 6.92 Å². The smallest absolute Gasteiger partial charge is 0.194 e. The molecule has 0 atom stereocenters. The van der Waals surface area contributed by atoms with E-state index < -0.39 is 17.5 Å². The molecule has 0 saturated carbocycles. The molecule has 0 spiro atoms. The third-order valence-corrected chi connectivity index (χ3v) is 2.63. The van der Waals surface area contributed by atoms with Crippen LogP contribution in [-0.2, 0) is 0 Å². The van der Waals surface area contributed by atoms with Crippen molar-refractivity contribution < 1.29 is 17.9 Å². The average Bonchev–Trinajstić information content (AvgIpc) is 2.41. The lowest BCUT2D eigenvalue weighted by Gasteiger charge is -2.13. The quantitative estimate of drug-likeness (QED) is 0.662. The van der Waals surface area contributed by atoms with Gasteiger partial charge in [-0.15, -0.1) is 0 Å². The van der Waals surface area contributed by atoms with Gasteiger partial charge in [-0.3, -0.25) is 0 Å². The van der Waals surface area contributed by atoms with Gasteiger partial charge in [0.2, 0.25) is 0 Å². The van der Waals surface area contributed by atoms with Gasteiger partial charge in [-0.2, -0.15) is 0 Å². The molecule has 0 bridgehead atoms. The lowest BCUT2D eigenvalue weighted by atomic mass is 10.2. The fourth-order valence-corrected chi connectivity index (χ4v) is 1.72. The summed E-state index contributed by atoms with van der Waals surface area (Å²) in [6.07, 6.45) is 0. The van der Waals surface area contributed by atoms with E-state index in [9.17, 15) is 13.2 Å². The highest BCUT2D eigenvalue weighted by Crippen LogP contribution is 2.32. The molecule has 6 heteroatoms. The van der Waals surface area contributed by atoms with Crippen molar-refractivity contribution in [2.45, 2.75) is 6.92 Å². The maximum Gasteiger partial charge on any atom is 0.194 e. The van der Waals surface area contributed by atoms with E-state index >= 15 is 0 Å². The summed E-state index contributed by atoms with van der Waals surface area (Å²) in [6.45, 7) is 2.25. The Hall–Kier alpha value is -2.37. The summed E-state index contributed by atoms with van der Waals surface area (Å²) >= 11 is 0. The van der Waals surface area contributed by atoms with Crippen LogP contribution < -0.4 is 15.8 Å². The molecule has 0 radical (unpaired) electrons. The predicted octanol–water partition coefficient (Wildman–Crippen LogP) is 3.83. The molecule has 0 aliphatic rings. The van der Waals surface area contributed by atoms with Crippen LogP contribution in [0.3, 0.4) is 0 Å². The van der Waals surface area contributed by atoms with Crippen molar-refractivity contribution >= 4 is 17.1 Å². The van der Waals surface area contributed by atoms with Crippen LogP contribution in [0.1, 0.15) is 6.92 Å². The highest BCUT2D eigenvalue weighted by Gasteiger charge is 2.12. The second kappa shape index (κ2) is 5.73. The van der Waals surface area contributed by atoms with Crippen molar-refractivity contribution in [1.29, 1.82) is 0 Å². The van der Waals surface area contributed by atoms with E-state index in [2.05, 4.69) is 5.32 Å². The molecule has 0 aliphatic heterocycles. The fraction of sp³-hybridized carbons (Fsp3) is 0.143. The van der Waals surface area contributed by atoms with Crippen molar-refractivity contribution in [2.75, 3.05) is 17.7 Å². The van der Waals surface area contributed by atoms with Gasteiger partial charge in [0, 0.05) is 17.8 Å². The maximum atomic E-state index is 13.1. The second-order valence-electron chi connectivity index (χ2n) is 4.03. The van der Waals surface area contributed by atoms with Crippen molar-refractivity contribution in [3.05, 3.63) is 47.8 Å². The molecule has 0 heterocycles. The van der Waals surface area contributed by atoms with E-state index in [-0.39, 0.29) is 5.69 Å². The van der Waals surface area contributed by atoms with Gasteiger partial charge >= 0.3 is 0 Å². The first-order chi connectivity index (χ1) is 9.52. The van der Waals surface area contributed by atoms with Gasteiger partial charge in [0.25, 0.3) is 0 Å². The van der Waals surface area contributed by atoms with Crippen LogP contribution in [0, 0.1) is 17.5 Å². The lowest BCUT2D eigenvalue weighted by Crippen LogP contribution is -2.02. The normalized spacial score (nSPS) is 10.4. The summed E-state index contributed by atoms with van der Waals surface area (Å²) < 4.78 is 44.4. The Labute approximate surface area is 114 Å². The Morgan fingerprint density at radius 2 is 1.80 bits per heavy atom. The molecule has 3 N–H and O–H groups in total. The number of halogens is 3. The SMILES string of the molecule is CCOc1cccc(Nc2cc(F)c(F)c(F)c2)c1N. The van der Waals surface area contributed by atoms with Gasteiger partial charge in [-0.25, -0.2) is 13.2 Å². The van der Waals surface area contributed by atoms with E-state index in [1.165, 1.54) is 0 Å². The molecule has 0 amide bonds. The number of rotatable bonds is 4. The van der Waals surface area contributed by atoms with Crippen molar-refractivity contribution in [1.82, 2.24) is 0 Å². The van der Waals surface area contributed by atoms with Gasteiger partial charge in [-0.1, -0.05) is 6.07 Å². The molecular weight excluding hydrogens is 269 g/mol. The van der Waals surface area contributed by atoms with E-state index in [0.717, 1.165) is 12.1 Å². The number of hydrogen-bond donors (Lipinski definition) is 2. The molecule has 0 saturated heterocycles. The molecule has 20 heavy (non-hydrogen) atoms. The minimum Gasteiger partial charge on any atom is -0.492 e. The van der Waals surface area contributed by atoms with Crippen molar-refractivity contribution in [2.24, 2.45) is 0 Å². The maximum absolute atomic E-state index is 13.1. The fourth-order valence-electron chi connectivity index (χ4n) is 1.72. The standard InChI is InChI=1S/C14H13F3N2O/c1-2-20-12-5-3-4-11(14(12)18)19-8-6-9(15)13(17)10(16)7-8/h3-7,19H,2,18H2,1H3. The Balaban J connectivity index is 2.33. The van der Waals surface area contributed by atoms with Crippen molar-refractivity contribution in [3.8, 4) is 5.75 Å². The average molecular weight is 282 g/mol. The van der Waals surface area contributed by atoms with Crippen LogP contribution in [0.25, 0.3) is 0 Å². The van der Waals surface area contributed by atoms with Crippen LogP contribution in [0.2, 0.25) is 0 Å². The third kappa shape index (κ3) is 2.79. The number of hydrogen-bond acceptors (Lipinski definition) is 3. The topological polar surface area (TPSA) is 47.3 Å². The first-order valence-electron chi connectivity index (χ1n) is 5.95. The number of nitrogens with two attached hydrogens (primary N) is 1. The molecule has 2 aromatic rings. The van der Waals surface area contributed by atoms with Gasteiger partial charge < -0.3 is 15.8 Å². The summed E-state index contributed by atoms with van der Waals surface area (Å²) in [7, 11) is 0. The molecule has 2 rings (SSSR count). The summed E-state index contributed by atoms with van der Waals surface area (Å²) in [5.41, 5.74) is 6.65.